The molecule has 0 aromatic heterocycles. The molecule has 0 saturated heterocycles. The molecule has 0 saturated carbocycles. The first-order valence-electron chi connectivity index (χ1n) is 9.45. The van der Waals surface area contributed by atoms with Crippen LogP contribution in [-0.2, 0) is 19.1 Å². The summed E-state index contributed by atoms with van der Waals surface area (Å²) in [5, 5.41) is 5.21. The van der Waals surface area contributed by atoms with Gasteiger partial charge >= 0.3 is 5.97 Å². The van der Waals surface area contributed by atoms with E-state index in [1.54, 1.807) is 43.5 Å². The maximum atomic E-state index is 12.0. The highest BCUT2D eigenvalue weighted by Gasteiger charge is 2.17. The van der Waals surface area contributed by atoms with Gasteiger partial charge in [0, 0.05) is 11.8 Å². The minimum Gasteiger partial charge on any atom is -0.497 e. The molecule has 0 spiro atoms. The van der Waals surface area contributed by atoms with E-state index in [9.17, 15) is 14.4 Å². The molecular weight excluding hydrogens is 384 g/mol. The lowest BCUT2D eigenvalue weighted by Crippen LogP contribution is -2.39. The molecule has 0 aliphatic rings. The fourth-order valence-corrected chi connectivity index (χ4v) is 2.54. The first-order chi connectivity index (χ1) is 14.3. The van der Waals surface area contributed by atoms with E-state index in [0.717, 1.165) is 22.4 Å². The minimum atomic E-state index is -0.897. The third-order valence-corrected chi connectivity index (χ3v) is 4.48. The maximum absolute atomic E-state index is 12.0. The number of rotatable bonds is 8. The quantitative estimate of drug-likeness (QED) is 0.515. The van der Waals surface area contributed by atoms with Gasteiger partial charge in [0.15, 0.2) is 6.61 Å². The summed E-state index contributed by atoms with van der Waals surface area (Å²) in [6, 6.07) is 11.8. The molecule has 2 rings (SSSR count). The van der Waals surface area contributed by atoms with Crippen LogP contribution in [-0.4, -0.2) is 37.5 Å². The van der Waals surface area contributed by atoms with Gasteiger partial charge in [-0.25, -0.2) is 4.79 Å². The summed E-state index contributed by atoms with van der Waals surface area (Å²) >= 11 is 0. The topological polar surface area (TPSA) is 93.7 Å². The van der Waals surface area contributed by atoms with Gasteiger partial charge in [-0.2, -0.15) is 0 Å². The van der Waals surface area contributed by atoms with Crippen molar-refractivity contribution in [2.24, 2.45) is 0 Å². The number of hydrogen-bond acceptors (Lipinski definition) is 5. The van der Waals surface area contributed by atoms with Gasteiger partial charge in [-0.1, -0.05) is 24.3 Å². The third-order valence-electron chi connectivity index (χ3n) is 4.48. The molecule has 158 valence electrons. The zero-order chi connectivity index (χ0) is 22.1. The molecule has 0 fully saturated rings. The van der Waals surface area contributed by atoms with E-state index in [-0.39, 0.29) is 0 Å². The van der Waals surface area contributed by atoms with Gasteiger partial charge in [-0.3, -0.25) is 9.59 Å². The second-order valence-electron chi connectivity index (χ2n) is 6.74. The lowest BCUT2D eigenvalue weighted by molar-refractivity contribution is -0.149. The van der Waals surface area contributed by atoms with Crippen LogP contribution in [0.2, 0.25) is 0 Å². The van der Waals surface area contributed by atoms with Crippen molar-refractivity contribution in [1.82, 2.24) is 5.32 Å². The van der Waals surface area contributed by atoms with E-state index in [2.05, 4.69) is 10.6 Å². The van der Waals surface area contributed by atoms with Crippen molar-refractivity contribution in [1.29, 1.82) is 0 Å². The molecule has 0 aliphatic heterocycles. The molecule has 0 radical (unpaired) electrons. The predicted octanol–water partition coefficient (Wildman–Crippen LogP) is 3.01. The number of aryl methyl sites for hydroxylation is 1. The van der Waals surface area contributed by atoms with E-state index in [4.69, 9.17) is 9.47 Å². The molecule has 7 nitrogen and oxygen atoms in total. The zero-order valence-electron chi connectivity index (χ0n) is 17.5. The highest BCUT2D eigenvalue weighted by molar-refractivity contribution is 5.96. The minimum absolute atomic E-state index is 0.436. The molecule has 0 unspecified atom stereocenters. The van der Waals surface area contributed by atoms with Crippen LogP contribution in [0.1, 0.15) is 23.6 Å². The van der Waals surface area contributed by atoms with Crippen LogP contribution in [0.15, 0.2) is 48.5 Å². The van der Waals surface area contributed by atoms with Crippen LogP contribution in [0.3, 0.4) is 0 Å². The fourth-order valence-electron chi connectivity index (χ4n) is 2.54. The summed E-state index contributed by atoms with van der Waals surface area (Å²) in [6.45, 7) is 4.89. The van der Waals surface area contributed by atoms with E-state index in [1.807, 2.05) is 26.0 Å². The summed E-state index contributed by atoms with van der Waals surface area (Å²) in [4.78, 5) is 36.1. The molecule has 2 N–H and O–H groups in total. The molecule has 0 heterocycles. The predicted molar refractivity (Wildman–Crippen MR) is 115 cm³/mol. The lowest BCUT2D eigenvalue weighted by atomic mass is 10.1. The van der Waals surface area contributed by atoms with Gasteiger partial charge in [0.1, 0.15) is 11.8 Å². The van der Waals surface area contributed by atoms with Crippen LogP contribution in [0.25, 0.3) is 6.08 Å². The Bertz CT molecular complexity index is 935. The fraction of sp³-hybridized carbons (Fsp3) is 0.261. The van der Waals surface area contributed by atoms with E-state index < -0.39 is 30.4 Å². The van der Waals surface area contributed by atoms with Crippen molar-refractivity contribution in [3.05, 3.63) is 65.2 Å². The monoisotopic (exact) mass is 410 g/mol. The van der Waals surface area contributed by atoms with Gasteiger partial charge in [-0.05, 0) is 61.7 Å². The number of anilines is 1. The highest BCUT2D eigenvalue weighted by atomic mass is 16.5. The summed E-state index contributed by atoms with van der Waals surface area (Å²) in [5.41, 5.74) is 3.47. The van der Waals surface area contributed by atoms with Crippen LogP contribution < -0.4 is 15.4 Å². The average Bonchev–Trinajstić information content (AvgIpc) is 2.74. The average molecular weight is 410 g/mol. The Kier molecular flexibility index (Phi) is 8.17. The van der Waals surface area contributed by atoms with Gasteiger partial charge in [-0.15, -0.1) is 0 Å². The van der Waals surface area contributed by atoms with Gasteiger partial charge in [0.25, 0.3) is 5.91 Å². The summed E-state index contributed by atoms with van der Waals surface area (Å²) in [5.74, 6) is -0.878. The number of benzene rings is 2. The molecule has 30 heavy (non-hydrogen) atoms. The largest absolute Gasteiger partial charge is 0.497 e. The normalized spacial score (nSPS) is 11.6. The Hall–Kier alpha value is -3.61. The Balaban J connectivity index is 1.79. The maximum Gasteiger partial charge on any atom is 0.328 e. The smallest absolute Gasteiger partial charge is 0.328 e. The second kappa shape index (κ2) is 10.8. The van der Waals surface area contributed by atoms with Crippen molar-refractivity contribution in [2.75, 3.05) is 19.0 Å². The van der Waals surface area contributed by atoms with Gasteiger partial charge in [0.05, 0.1) is 7.11 Å². The Morgan fingerprint density at radius 1 is 1.07 bits per heavy atom. The van der Waals surface area contributed by atoms with Crippen LogP contribution in [0, 0.1) is 13.8 Å². The number of carbonyl (C=O) groups excluding carboxylic acids is 3. The number of esters is 1. The lowest BCUT2D eigenvalue weighted by Gasteiger charge is -2.13. The molecule has 7 heteroatoms. The van der Waals surface area contributed by atoms with E-state index in [1.165, 1.54) is 13.0 Å². The molecule has 0 bridgehead atoms. The summed E-state index contributed by atoms with van der Waals surface area (Å²) in [7, 11) is 1.58. The number of ether oxygens (including phenoxy) is 2. The standard InChI is InChI=1S/C23H26N2O5/c1-15-6-5-7-20(16(15)2)25-22(27)14-30-23(28)17(3)24-21(26)13-10-18-8-11-19(29-4)12-9-18/h5-13,17H,14H2,1-4H3,(H,24,26)(H,25,27)/b13-10+/t17-/m0/s1. The number of carbonyl (C=O) groups is 3. The SMILES string of the molecule is COc1ccc(/C=C/C(=O)N[C@@H](C)C(=O)OCC(=O)Nc2cccc(C)c2C)cc1. The first-order valence-corrected chi connectivity index (χ1v) is 9.45. The summed E-state index contributed by atoms with van der Waals surface area (Å²) < 4.78 is 10.1. The van der Waals surface area contributed by atoms with E-state index >= 15 is 0 Å². The van der Waals surface area contributed by atoms with Crippen LogP contribution in [0.4, 0.5) is 5.69 Å². The second-order valence-corrected chi connectivity index (χ2v) is 6.74. The Labute approximate surface area is 176 Å². The molecular formula is C23H26N2O5. The Morgan fingerprint density at radius 3 is 2.43 bits per heavy atom. The summed E-state index contributed by atoms with van der Waals surface area (Å²) in [6.07, 6.45) is 2.93. The van der Waals surface area contributed by atoms with Gasteiger partial charge < -0.3 is 20.1 Å². The zero-order valence-corrected chi connectivity index (χ0v) is 17.5. The number of hydrogen-bond donors (Lipinski definition) is 2. The molecule has 1 atom stereocenters. The molecule has 0 aliphatic carbocycles. The highest BCUT2D eigenvalue weighted by Crippen LogP contribution is 2.17. The molecule has 2 aromatic carbocycles. The first kappa shape index (κ1) is 22.7. The van der Waals surface area contributed by atoms with Crippen molar-refractivity contribution in [2.45, 2.75) is 26.8 Å². The van der Waals surface area contributed by atoms with E-state index in [0.29, 0.717) is 5.69 Å². The van der Waals surface area contributed by atoms with Crippen molar-refractivity contribution in [3.63, 3.8) is 0 Å². The Morgan fingerprint density at radius 2 is 1.77 bits per heavy atom. The van der Waals surface area contributed by atoms with Crippen molar-refractivity contribution < 1.29 is 23.9 Å². The number of methoxy groups -OCH3 is 1. The molecule has 2 amide bonds. The third kappa shape index (κ3) is 6.77. The van der Waals surface area contributed by atoms with Gasteiger partial charge in [0.2, 0.25) is 5.91 Å². The van der Waals surface area contributed by atoms with Crippen LogP contribution >= 0.6 is 0 Å². The molecule has 2 aromatic rings. The number of nitrogens with one attached hydrogen (secondary N) is 2. The van der Waals surface area contributed by atoms with Crippen LogP contribution in [0.5, 0.6) is 5.75 Å². The van der Waals surface area contributed by atoms with Crippen molar-refractivity contribution >= 4 is 29.5 Å². The van der Waals surface area contributed by atoms with Crippen molar-refractivity contribution in [3.8, 4) is 5.75 Å². The number of amides is 2.